The molecule has 0 aliphatic carbocycles. The molecule has 0 spiro atoms. The van der Waals surface area contributed by atoms with Crippen molar-refractivity contribution in [3.05, 3.63) is 36.0 Å². The fraction of sp³-hybridized carbons (Fsp3) is 0.412. The van der Waals surface area contributed by atoms with Crippen molar-refractivity contribution < 1.29 is 19.2 Å². The van der Waals surface area contributed by atoms with E-state index in [1.807, 2.05) is 44.2 Å². The molecule has 0 N–H and O–H groups in total. The molecular formula is C17H20N2O4. The molecule has 6 nitrogen and oxygen atoms in total. The van der Waals surface area contributed by atoms with Crippen LogP contribution in [0.5, 0.6) is 0 Å². The SMILES string of the molecule is CCOC(=O)CC1c2cc3ccccc3n2C(=O)N1OC(C)C. The molecule has 0 bridgehead atoms. The van der Waals surface area contributed by atoms with E-state index in [1.165, 1.54) is 5.06 Å². The average molecular weight is 316 g/mol. The highest BCUT2D eigenvalue weighted by atomic mass is 16.7. The first kappa shape index (κ1) is 15.6. The van der Waals surface area contributed by atoms with Crippen molar-refractivity contribution >= 4 is 22.9 Å². The van der Waals surface area contributed by atoms with Crippen LogP contribution in [0, 0.1) is 0 Å². The summed E-state index contributed by atoms with van der Waals surface area (Å²) in [5, 5.41) is 2.26. The Labute approximate surface area is 134 Å². The summed E-state index contributed by atoms with van der Waals surface area (Å²) in [6.45, 7) is 5.77. The van der Waals surface area contributed by atoms with Crippen molar-refractivity contribution in [2.45, 2.75) is 39.3 Å². The number of hydrogen-bond acceptors (Lipinski definition) is 4. The fourth-order valence-corrected chi connectivity index (χ4v) is 2.90. The highest BCUT2D eigenvalue weighted by molar-refractivity contribution is 5.95. The molecule has 0 saturated carbocycles. The predicted molar refractivity (Wildman–Crippen MR) is 84.8 cm³/mol. The smallest absolute Gasteiger partial charge is 0.353 e. The van der Waals surface area contributed by atoms with Crippen LogP contribution in [0.15, 0.2) is 30.3 Å². The third-order valence-electron chi connectivity index (χ3n) is 3.73. The molecule has 1 aromatic carbocycles. The van der Waals surface area contributed by atoms with Crippen LogP contribution in [0.25, 0.3) is 10.9 Å². The van der Waals surface area contributed by atoms with Crippen molar-refractivity contribution in [3.8, 4) is 0 Å². The maximum atomic E-state index is 12.8. The molecule has 1 aromatic heterocycles. The van der Waals surface area contributed by atoms with Crippen LogP contribution in [0.1, 0.15) is 38.9 Å². The molecule has 2 heterocycles. The molecule has 1 amide bonds. The number of aromatic nitrogens is 1. The minimum Gasteiger partial charge on any atom is -0.466 e. The van der Waals surface area contributed by atoms with Gasteiger partial charge in [0.15, 0.2) is 0 Å². The van der Waals surface area contributed by atoms with Crippen molar-refractivity contribution in [2.75, 3.05) is 6.61 Å². The van der Waals surface area contributed by atoms with Gasteiger partial charge < -0.3 is 4.74 Å². The number of hydrogen-bond donors (Lipinski definition) is 0. The number of hydroxylamine groups is 2. The Balaban J connectivity index is 2.03. The van der Waals surface area contributed by atoms with E-state index < -0.39 is 6.04 Å². The van der Waals surface area contributed by atoms with E-state index in [4.69, 9.17) is 9.57 Å². The molecule has 1 atom stereocenters. The Morgan fingerprint density at radius 1 is 1.30 bits per heavy atom. The molecular weight excluding hydrogens is 296 g/mol. The van der Waals surface area contributed by atoms with Gasteiger partial charge in [-0.2, -0.15) is 5.06 Å². The second-order valence-electron chi connectivity index (χ2n) is 5.75. The molecule has 1 aliphatic heterocycles. The Hall–Kier alpha value is -2.34. The second kappa shape index (κ2) is 6.04. The standard InChI is InChI=1S/C17H20N2O4/c1-4-22-16(20)10-15-14-9-12-7-5-6-8-13(12)18(14)17(21)19(15)23-11(2)3/h5-9,11,15H,4,10H2,1-3H3. The van der Waals surface area contributed by atoms with Crippen LogP contribution >= 0.6 is 0 Å². The minimum absolute atomic E-state index is 0.0720. The highest BCUT2D eigenvalue weighted by Crippen LogP contribution is 2.37. The van der Waals surface area contributed by atoms with Crippen LogP contribution in [0.4, 0.5) is 4.79 Å². The normalized spacial score (nSPS) is 17.1. The van der Waals surface area contributed by atoms with Crippen molar-refractivity contribution in [1.29, 1.82) is 0 Å². The maximum Gasteiger partial charge on any atom is 0.353 e. The quantitative estimate of drug-likeness (QED) is 0.794. The zero-order valence-corrected chi connectivity index (χ0v) is 13.5. The molecule has 1 unspecified atom stereocenters. The first-order valence-electron chi connectivity index (χ1n) is 7.79. The Morgan fingerprint density at radius 3 is 2.74 bits per heavy atom. The third kappa shape index (κ3) is 2.70. The van der Waals surface area contributed by atoms with Gasteiger partial charge in [0.25, 0.3) is 0 Å². The van der Waals surface area contributed by atoms with Gasteiger partial charge >= 0.3 is 12.0 Å². The van der Waals surface area contributed by atoms with Crippen LogP contribution < -0.4 is 0 Å². The Morgan fingerprint density at radius 2 is 2.04 bits per heavy atom. The summed E-state index contributed by atoms with van der Waals surface area (Å²) in [7, 11) is 0. The van der Waals surface area contributed by atoms with E-state index in [1.54, 1.807) is 11.5 Å². The lowest BCUT2D eigenvalue weighted by Crippen LogP contribution is -2.33. The van der Waals surface area contributed by atoms with Crippen LogP contribution in [0.2, 0.25) is 0 Å². The van der Waals surface area contributed by atoms with Gasteiger partial charge in [0.05, 0.1) is 30.3 Å². The highest BCUT2D eigenvalue weighted by Gasteiger charge is 2.41. The maximum absolute atomic E-state index is 12.8. The largest absolute Gasteiger partial charge is 0.466 e. The summed E-state index contributed by atoms with van der Waals surface area (Å²) in [5.41, 5.74) is 1.57. The van der Waals surface area contributed by atoms with Gasteiger partial charge in [-0.25, -0.2) is 4.79 Å². The number of fused-ring (bicyclic) bond motifs is 3. The van der Waals surface area contributed by atoms with Gasteiger partial charge in [-0.1, -0.05) is 18.2 Å². The summed E-state index contributed by atoms with van der Waals surface area (Å²) < 4.78 is 6.65. The van der Waals surface area contributed by atoms with Gasteiger partial charge in [0.2, 0.25) is 0 Å². The van der Waals surface area contributed by atoms with Crippen molar-refractivity contribution in [3.63, 3.8) is 0 Å². The van der Waals surface area contributed by atoms with E-state index in [-0.39, 0.29) is 24.5 Å². The topological polar surface area (TPSA) is 60.8 Å². The van der Waals surface area contributed by atoms with E-state index in [9.17, 15) is 9.59 Å². The number of esters is 1. The van der Waals surface area contributed by atoms with E-state index in [0.717, 1.165) is 16.6 Å². The van der Waals surface area contributed by atoms with E-state index in [2.05, 4.69) is 0 Å². The second-order valence-corrected chi connectivity index (χ2v) is 5.75. The number of ether oxygens (including phenoxy) is 1. The van der Waals surface area contributed by atoms with Gasteiger partial charge in [-0.3, -0.25) is 14.2 Å². The predicted octanol–water partition coefficient (Wildman–Crippen LogP) is 3.26. The van der Waals surface area contributed by atoms with Gasteiger partial charge in [-0.05, 0) is 32.9 Å². The molecule has 0 radical (unpaired) electrons. The number of carbonyl (C=O) groups excluding carboxylic acids is 2. The van der Waals surface area contributed by atoms with Gasteiger partial charge in [0.1, 0.15) is 6.04 Å². The summed E-state index contributed by atoms with van der Waals surface area (Å²) >= 11 is 0. The summed E-state index contributed by atoms with van der Waals surface area (Å²) in [4.78, 5) is 30.4. The third-order valence-corrected chi connectivity index (χ3v) is 3.73. The molecule has 6 heteroatoms. The Kier molecular flexibility index (Phi) is 4.09. The van der Waals surface area contributed by atoms with Crippen molar-refractivity contribution in [2.24, 2.45) is 0 Å². The summed E-state index contributed by atoms with van der Waals surface area (Å²) in [6, 6.07) is 8.82. The number of rotatable bonds is 5. The van der Waals surface area contributed by atoms with Crippen LogP contribution in [-0.4, -0.2) is 34.3 Å². The van der Waals surface area contributed by atoms with Gasteiger partial charge in [-0.15, -0.1) is 0 Å². The summed E-state index contributed by atoms with van der Waals surface area (Å²) in [6.07, 6.45) is -0.0951. The van der Waals surface area contributed by atoms with Gasteiger partial charge in [0, 0.05) is 5.39 Å². The lowest BCUT2D eigenvalue weighted by molar-refractivity contribution is -0.174. The van der Waals surface area contributed by atoms with Crippen LogP contribution in [0.3, 0.4) is 0 Å². The molecule has 23 heavy (non-hydrogen) atoms. The van der Waals surface area contributed by atoms with E-state index >= 15 is 0 Å². The summed E-state index contributed by atoms with van der Waals surface area (Å²) in [5.74, 6) is -0.346. The first-order chi connectivity index (χ1) is 11.0. The monoisotopic (exact) mass is 316 g/mol. The lowest BCUT2D eigenvalue weighted by atomic mass is 10.1. The zero-order chi connectivity index (χ0) is 16.6. The number of nitrogens with zero attached hydrogens (tertiary/aromatic N) is 2. The number of benzene rings is 1. The zero-order valence-electron chi connectivity index (χ0n) is 13.5. The van der Waals surface area contributed by atoms with Crippen LogP contribution in [-0.2, 0) is 14.4 Å². The molecule has 122 valence electrons. The number of para-hydroxylation sites is 1. The fourth-order valence-electron chi connectivity index (χ4n) is 2.90. The van der Waals surface area contributed by atoms with E-state index in [0.29, 0.717) is 6.61 Å². The molecule has 0 fully saturated rings. The molecule has 1 aliphatic rings. The Bertz CT molecular complexity index is 750. The minimum atomic E-state index is -0.476. The molecule has 3 rings (SSSR count). The molecule has 2 aromatic rings. The number of amides is 1. The first-order valence-corrected chi connectivity index (χ1v) is 7.79. The average Bonchev–Trinajstić information content (AvgIpc) is 2.98. The van der Waals surface area contributed by atoms with Crippen molar-refractivity contribution in [1.82, 2.24) is 9.63 Å². The molecule has 0 saturated heterocycles. The lowest BCUT2D eigenvalue weighted by Gasteiger charge is -2.24. The number of carbonyl (C=O) groups is 2.